The molecule has 0 amide bonds. The standard InChI is InChI=1S/C56H52N2O4/c1-55(2)49-16-9-7-14-45(49)47-30-28-43(35-51(47)55)57(39-24-18-37(19-25-39)22-32-53(59)61-5)41-12-11-13-42(34-41)58(40-26-20-38(21-27-40)23-33-54(60)62-6)44-29-31-48-46-15-8-10-17-50(46)56(3,4)52(48)36-44/h7-21,24-31,34-36H,22-23,32-33H2,1-6H3. The average molecular weight is 817 g/mol. The summed E-state index contributed by atoms with van der Waals surface area (Å²) in [5.41, 5.74) is 18.3. The van der Waals surface area contributed by atoms with Crippen LogP contribution in [-0.4, -0.2) is 26.2 Å². The van der Waals surface area contributed by atoms with Gasteiger partial charge in [0, 0.05) is 57.8 Å². The number of benzene rings is 7. The maximum Gasteiger partial charge on any atom is 0.305 e. The van der Waals surface area contributed by atoms with E-state index in [1.54, 1.807) is 0 Å². The summed E-state index contributed by atoms with van der Waals surface area (Å²) in [4.78, 5) is 28.7. The molecule has 0 aliphatic heterocycles. The number of aryl methyl sites for hydroxylation is 2. The Morgan fingerprint density at radius 1 is 0.403 bits per heavy atom. The van der Waals surface area contributed by atoms with Crippen LogP contribution in [0.1, 0.15) is 73.9 Å². The molecule has 0 spiro atoms. The van der Waals surface area contributed by atoms with Crippen LogP contribution in [0.5, 0.6) is 0 Å². The largest absolute Gasteiger partial charge is 0.469 e. The lowest BCUT2D eigenvalue weighted by Gasteiger charge is -2.31. The van der Waals surface area contributed by atoms with Crippen molar-refractivity contribution in [2.24, 2.45) is 0 Å². The number of esters is 2. The van der Waals surface area contributed by atoms with Gasteiger partial charge in [0.15, 0.2) is 0 Å². The Hall–Kier alpha value is -6.92. The number of carbonyl (C=O) groups excluding carboxylic acids is 2. The second-order valence-electron chi connectivity index (χ2n) is 17.5. The van der Waals surface area contributed by atoms with Crippen molar-refractivity contribution in [2.45, 2.75) is 64.2 Å². The van der Waals surface area contributed by atoms with E-state index in [2.05, 4.69) is 195 Å². The van der Waals surface area contributed by atoms with Gasteiger partial charge in [-0.3, -0.25) is 9.59 Å². The number of rotatable bonds is 12. The molecule has 0 atom stereocenters. The molecule has 9 rings (SSSR count). The fourth-order valence-electron chi connectivity index (χ4n) is 9.65. The van der Waals surface area contributed by atoms with Gasteiger partial charge in [0.2, 0.25) is 0 Å². The van der Waals surface area contributed by atoms with Crippen molar-refractivity contribution in [1.29, 1.82) is 0 Å². The highest BCUT2D eigenvalue weighted by molar-refractivity contribution is 5.89. The van der Waals surface area contributed by atoms with E-state index < -0.39 is 0 Å². The van der Waals surface area contributed by atoms with Crippen molar-refractivity contribution in [3.8, 4) is 22.3 Å². The summed E-state index contributed by atoms with van der Waals surface area (Å²) >= 11 is 0. The minimum absolute atomic E-state index is 0.173. The maximum absolute atomic E-state index is 12.0. The Balaban J connectivity index is 1.17. The van der Waals surface area contributed by atoms with Gasteiger partial charge in [-0.2, -0.15) is 0 Å². The van der Waals surface area contributed by atoms with Crippen LogP contribution in [0.3, 0.4) is 0 Å². The summed E-state index contributed by atoms with van der Waals surface area (Å²) in [5, 5.41) is 0. The first-order chi connectivity index (χ1) is 30.0. The molecular weight excluding hydrogens is 765 g/mol. The second-order valence-corrected chi connectivity index (χ2v) is 17.5. The molecule has 0 bridgehead atoms. The number of carbonyl (C=O) groups is 2. The van der Waals surface area contributed by atoms with Gasteiger partial charge < -0.3 is 19.3 Å². The highest BCUT2D eigenvalue weighted by atomic mass is 16.5. The van der Waals surface area contributed by atoms with E-state index in [1.807, 2.05) is 0 Å². The summed E-state index contributed by atoms with van der Waals surface area (Å²) in [6, 6.07) is 57.0. The van der Waals surface area contributed by atoms with Crippen LogP contribution in [0.15, 0.2) is 158 Å². The molecule has 0 fully saturated rings. The molecule has 6 heteroatoms. The zero-order valence-electron chi connectivity index (χ0n) is 36.4. The van der Waals surface area contributed by atoms with Crippen molar-refractivity contribution >= 4 is 46.1 Å². The van der Waals surface area contributed by atoms with E-state index in [4.69, 9.17) is 9.47 Å². The molecule has 6 nitrogen and oxygen atoms in total. The third-order valence-corrected chi connectivity index (χ3v) is 13.1. The van der Waals surface area contributed by atoms with Crippen molar-refractivity contribution in [3.05, 3.63) is 191 Å². The van der Waals surface area contributed by atoms with Crippen LogP contribution in [0.25, 0.3) is 22.3 Å². The van der Waals surface area contributed by atoms with Crippen LogP contribution in [0.4, 0.5) is 34.1 Å². The van der Waals surface area contributed by atoms with Crippen LogP contribution in [0.2, 0.25) is 0 Å². The minimum Gasteiger partial charge on any atom is -0.469 e. The van der Waals surface area contributed by atoms with Gasteiger partial charge in [-0.25, -0.2) is 0 Å². The predicted molar refractivity (Wildman–Crippen MR) is 252 cm³/mol. The molecule has 2 aliphatic carbocycles. The summed E-state index contributed by atoms with van der Waals surface area (Å²) in [5.74, 6) is -0.433. The van der Waals surface area contributed by atoms with Gasteiger partial charge in [-0.1, -0.05) is 119 Å². The minimum atomic E-state index is -0.217. The van der Waals surface area contributed by atoms with Crippen LogP contribution in [0, 0.1) is 0 Å². The predicted octanol–water partition coefficient (Wildman–Crippen LogP) is 13.4. The van der Waals surface area contributed by atoms with Gasteiger partial charge in [0.1, 0.15) is 0 Å². The highest BCUT2D eigenvalue weighted by Crippen LogP contribution is 2.52. The topological polar surface area (TPSA) is 59.1 Å². The molecule has 0 saturated heterocycles. The van der Waals surface area contributed by atoms with Crippen molar-refractivity contribution in [3.63, 3.8) is 0 Å². The van der Waals surface area contributed by atoms with Crippen LogP contribution < -0.4 is 9.80 Å². The normalized spacial score (nSPS) is 13.6. The number of methoxy groups -OCH3 is 2. The SMILES string of the molecule is COC(=O)CCc1ccc(N(c2cccc(N(c3ccc(CCC(=O)OC)cc3)c3ccc4c(c3)C(C)(C)c3ccccc3-4)c2)c2ccc3c(c2)C(C)(C)c2ccccc2-3)cc1. The molecule has 62 heavy (non-hydrogen) atoms. The molecule has 2 aliphatic rings. The third-order valence-electron chi connectivity index (χ3n) is 13.1. The first-order valence-corrected chi connectivity index (χ1v) is 21.5. The van der Waals surface area contributed by atoms with E-state index in [0.717, 1.165) is 45.3 Å². The fourth-order valence-corrected chi connectivity index (χ4v) is 9.65. The van der Waals surface area contributed by atoms with Crippen molar-refractivity contribution in [2.75, 3.05) is 24.0 Å². The zero-order chi connectivity index (χ0) is 43.2. The van der Waals surface area contributed by atoms with Gasteiger partial charge in [-0.05, 0) is 135 Å². The Morgan fingerprint density at radius 2 is 0.758 bits per heavy atom. The maximum atomic E-state index is 12.0. The summed E-state index contributed by atoms with van der Waals surface area (Å²) in [7, 11) is 2.86. The summed E-state index contributed by atoms with van der Waals surface area (Å²) in [6.45, 7) is 9.27. The van der Waals surface area contributed by atoms with E-state index in [1.165, 1.54) is 58.7 Å². The third kappa shape index (κ3) is 7.23. The number of ether oxygens (including phenoxy) is 2. The molecule has 0 radical (unpaired) electrons. The van der Waals surface area contributed by atoms with Gasteiger partial charge in [-0.15, -0.1) is 0 Å². The number of hydrogen-bond donors (Lipinski definition) is 0. The van der Waals surface area contributed by atoms with Gasteiger partial charge >= 0.3 is 11.9 Å². The molecule has 0 unspecified atom stereocenters. The van der Waals surface area contributed by atoms with E-state index >= 15 is 0 Å². The Kier molecular flexibility index (Phi) is 10.6. The Bertz CT molecular complexity index is 2630. The van der Waals surface area contributed by atoms with Crippen LogP contribution in [-0.2, 0) is 42.7 Å². The molecule has 7 aromatic carbocycles. The van der Waals surface area contributed by atoms with E-state index in [0.29, 0.717) is 25.7 Å². The van der Waals surface area contributed by atoms with Crippen LogP contribution >= 0.6 is 0 Å². The second kappa shape index (κ2) is 16.2. The molecule has 7 aromatic rings. The van der Waals surface area contributed by atoms with E-state index in [9.17, 15) is 9.59 Å². The molecule has 0 N–H and O–H groups in total. The zero-order valence-corrected chi connectivity index (χ0v) is 36.4. The molecule has 310 valence electrons. The Morgan fingerprint density at radius 3 is 1.16 bits per heavy atom. The smallest absolute Gasteiger partial charge is 0.305 e. The molecular formula is C56H52N2O4. The van der Waals surface area contributed by atoms with Crippen molar-refractivity contribution in [1.82, 2.24) is 0 Å². The summed E-state index contributed by atoms with van der Waals surface area (Å²) in [6.07, 6.45) is 1.87. The lowest BCUT2D eigenvalue weighted by molar-refractivity contribution is -0.141. The van der Waals surface area contributed by atoms with Crippen molar-refractivity contribution < 1.29 is 19.1 Å². The van der Waals surface area contributed by atoms with Gasteiger partial charge in [0.25, 0.3) is 0 Å². The number of fused-ring (bicyclic) bond motifs is 6. The summed E-state index contributed by atoms with van der Waals surface area (Å²) < 4.78 is 9.86. The van der Waals surface area contributed by atoms with E-state index in [-0.39, 0.29) is 22.8 Å². The van der Waals surface area contributed by atoms with Gasteiger partial charge in [0.05, 0.1) is 14.2 Å². The number of nitrogens with zero attached hydrogens (tertiary/aromatic N) is 2. The average Bonchev–Trinajstić information content (AvgIpc) is 3.67. The lowest BCUT2D eigenvalue weighted by atomic mass is 9.82. The molecule has 0 aromatic heterocycles. The fraction of sp³-hybridized carbons (Fsp3) is 0.214. The Labute approximate surface area is 365 Å². The first kappa shape index (κ1) is 40.5. The first-order valence-electron chi connectivity index (χ1n) is 21.5. The monoisotopic (exact) mass is 816 g/mol. The number of hydrogen-bond acceptors (Lipinski definition) is 6. The molecule has 0 saturated carbocycles. The number of anilines is 6. The quantitative estimate of drug-likeness (QED) is 0.115. The molecule has 0 heterocycles. The lowest BCUT2D eigenvalue weighted by Crippen LogP contribution is -2.17. The highest BCUT2D eigenvalue weighted by Gasteiger charge is 2.37.